The Morgan fingerprint density at radius 2 is 1.27 bits per heavy atom. The molecule has 0 amide bonds. The molecule has 0 aliphatic carbocycles. The number of carboxylic acid groups (broad SMARTS) is 3. The van der Waals surface area contributed by atoms with Crippen molar-refractivity contribution in [3.63, 3.8) is 0 Å². The summed E-state index contributed by atoms with van der Waals surface area (Å²) in [4.78, 5) is 32.3. The topological polar surface area (TPSA) is 144 Å². The fraction of sp³-hybridized carbons (Fsp3) is 0.875. The van der Waals surface area contributed by atoms with Gasteiger partial charge in [0.25, 0.3) is 0 Å². The Morgan fingerprint density at radius 3 is 1.48 bits per heavy atom. The molecule has 1 atom stereocenters. The summed E-state index contributed by atoms with van der Waals surface area (Å²) in [5.41, 5.74) is 4.42. The van der Waals surface area contributed by atoms with Crippen molar-refractivity contribution in [1.82, 2.24) is 4.90 Å². The van der Waals surface area contributed by atoms with Gasteiger partial charge in [-0.2, -0.15) is 0 Å². The van der Waals surface area contributed by atoms with Gasteiger partial charge in [-0.15, -0.1) is 0 Å². The van der Waals surface area contributed by atoms with E-state index in [0.29, 0.717) is 17.3 Å². The number of carbonyl (C=O) groups is 3. The molecule has 0 saturated heterocycles. The summed E-state index contributed by atoms with van der Waals surface area (Å²) in [7, 11) is 8.75. The average molecular weight is 478 g/mol. The van der Waals surface area contributed by atoms with E-state index in [2.05, 4.69) is 6.92 Å². The predicted octanol–water partition coefficient (Wildman–Crippen LogP) is 2.52. The molecule has 0 radical (unpaired) electrons. The summed E-state index contributed by atoms with van der Waals surface area (Å²) in [5.74, 6) is -2.63. The lowest BCUT2D eigenvalue weighted by atomic mass is 10.0. The Labute approximate surface area is 201 Å². The Balaban J connectivity index is -0.000000426. The van der Waals surface area contributed by atoms with Crippen LogP contribution < -0.4 is 10.8 Å². The van der Waals surface area contributed by atoms with Crippen LogP contribution in [0.25, 0.3) is 0 Å². The number of carboxylic acids is 3. The van der Waals surface area contributed by atoms with E-state index in [1.165, 1.54) is 49.8 Å². The second kappa shape index (κ2) is 20.9. The minimum atomic E-state index is -1.20. The highest BCUT2D eigenvalue weighted by atomic mass is 16.4. The molecular formula is C24H51N3O6. The number of quaternary nitrogens is 1. The Kier molecular flexibility index (Phi) is 22.7. The summed E-state index contributed by atoms with van der Waals surface area (Å²) < 4.78 is 0.419. The summed E-state index contributed by atoms with van der Waals surface area (Å²) in [5, 5.41) is 27.1. The van der Waals surface area contributed by atoms with Crippen molar-refractivity contribution in [3.05, 3.63) is 0 Å². The van der Waals surface area contributed by atoms with E-state index in [-0.39, 0.29) is 6.54 Å². The molecule has 33 heavy (non-hydrogen) atoms. The van der Waals surface area contributed by atoms with Crippen molar-refractivity contribution >= 4 is 17.9 Å². The molecule has 0 spiro atoms. The summed E-state index contributed by atoms with van der Waals surface area (Å²) in [6, 6.07) is 0. The predicted molar refractivity (Wildman–Crippen MR) is 131 cm³/mol. The molecule has 0 saturated carbocycles. The number of unbranched alkanes of at least 4 members (excludes halogenated alkanes) is 8. The molecule has 0 aliphatic rings. The SMILES string of the molecule is CCCC(N)(C(=O)O)N(C)C.CCCCCCCCCCCC(=O)O.C[N+](C)(C)CC(=O)[O-]. The van der Waals surface area contributed by atoms with E-state index in [1.807, 2.05) is 6.92 Å². The Hall–Kier alpha value is -1.71. The molecule has 0 aliphatic heterocycles. The molecule has 1 unspecified atom stereocenters. The minimum absolute atomic E-state index is 0.0694. The van der Waals surface area contributed by atoms with Gasteiger partial charge in [0.1, 0.15) is 6.54 Å². The third kappa shape index (κ3) is 26.4. The monoisotopic (exact) mass is 477 g/mol. The number of nitrogens with zero attached hydrogens (tertiary/aromatic N) is 2. The zero-order valence-electron chi connectivity index (χ0n) is 22.2. The van der Waals surface area contributed by atoms with Gasteiger partial charge in [0.05, 0.1) is 27.1 Å². The zero-order chi connectivity index (χ0) is 26.5. The van der Waals surface area contributed by atoms with Gasteiger partial charge in [-0.25, -0.2) is 4.79 Å². The summed E-state index contributed by atoms with van der Waals surface area (Å²) >= 11 is 0. The smallest absolute Gasteiger partial charge is 0.338 e. The average Bonchev–Trinajstić information content (AvgIpc) is 2.65. The standard InChI is InChI=1S/C12H24O2.C7H16N2O2.C5H11NO2/c1-2-3-4-5-6-7-8-9-10-11-12(13)14;1-4-5-7(8,6(10)11)9(2)3;1-6(2,3)4-5(7)8/h2-11H2,1H3,(H,13,14);4-5,8H2,1-3H3,(H,10,11);4H2,1-3H3. The molecular weight excluding hydrogens is 426 g/mol. The first kappa shape index (κ1) is 35.9. The van der Waals surface area contributed by atoms with Crippen LogP contribution >= 0.6 is 0 Å². The number of likely N-dealkylation sites (N-methyl/N-ethyl adjacent to an activating group) is 2. The summed E-state index contributed by atoms with van der Waals surface area (Å²) in [6.45, 7) is 4.21. The van der Waals surface area contributed by atoms with E-state index in [1.54, 1.807) is 35.2 Å². The lowest BCUT2D eigenvalue weighted by molar-refractivity contribution is -0.864. The van der Waals surface area contributed by atoms with Crippen LogP contribution in [0, 0.1) is 0 Å². The molecule has 0 aromatic heterocycles. The van der Waals surface area contributed by atoms with Gasteiger partial charge < -0.3 is 30.3 Å². The Bertz CT molecular complexity index is 521. The van der Waals surface area contributed by atoms with Gasteiger partial charge in [0.2, 0.25) is 0 Å². The van der Waals surface area contributed by atoms with Crippen LogP contribution in [-0.2, 0) is 14.4 Å². The van der Waals surface area contributed by atoms with Crippen LogP contribution in [0.15, 0.2) is 0 Å². The molecule has 198 valence electrons. The highest BCUT2D eigenvalue weighted by Crippen LogP contribution is 2.12. The number of hydrogen-bond donors (Lipinski definition) is 3. The number of aliphatic carboxylic acids is 3. The van der Waals surface area contributed by atoms with E-state index < -0.39 is 23.6 Å². The number of carbonyl (C=O) groups excluding carboxylic acids is 1. The second-order valence-electron chi connectivity index (χ2n) is 9.67. The van der Waals surface area contributed by atoms with E-state index in [4.69, 9.17) is 15.9 Å². The maximum absolute atomic E-state index is 10.7. The molecule has 9 heteroatoms. The van der Waals surface area contributed by atoms with Crippen LogP contribution in [0.4, 0.5) is 0 Å². The minimum Gasteiger partial charge on any atom is -0.544 e. The van der Waals surface area contributed by atoms with Gasteiger partial charge in [-0.1, -0.05) is 71.6 Å². The third-order valence-corrected chi connectivity index (χ3v) is 4.90. The van der Waals surface area contributed by atoms with Gasteiger partial charge in [0, 0.05) is 6.42 Å². The lowest BCUT2D eigenvalue weighted by Gasteiger charge is -2.31. The van der Waals surface area contributed by atoms with Crippen LogP contribution in [0.3, 0.4) is 0 Å². The molecule has 4 N–H and O–H groups in total. The Morgan fingerprint density at radius 1 is 0.848 bits per heavy atom. The summed E-state index contributed by atoms with van der Waals surface area (Å²) in [6.07, 6.45) is 12.7. The number of hydrogen-bond acceptors (Lipinski definition) is 6. The van der Waals surface area contributed by atoms with Crippen LogP contribution in [-0.4, -0.2) is 84.9 Å². The van der Waals surface area contributed by atoms with Gasteiger partial charge in [0.15, 0.2) is 5.66 Å². The maximum atomic E-state index is 10.7. The van der Waals surface area contributed by atoms with Gasteiger partial charge in [-0.05, 0) is 26.9 Å². The van der Waals surface area contributed by atoms with Crippen molar-refractivity contribution in [2.45, 2.75) is 96.6 Å². The maximum Gasteiger partial charge on any atom is 0.338 e. The van der Waals surface area contributed by atoms with Crippen molar-refractivity contribution < 1.29 is 34.2 Å². The molecule has 0 bridgehead atoms. The molecule has 9 nitrogen and oxygen atoms in total. The normalized spacial score (nSPS) is 12.6. The van der Waals surface area contributed by atoms with Gasteiger partial charge in [-0.3, -0.25) is 9.69 Å². The third-order valence-electron chi connectivity index (χ3n) is 4.90. The first-order valence-corrected chi connectivity index (χ1v) is 12.1. The quantitative estimate of drug-likeness (QED) is 0.175. The molecule has 0 rings (SSSR count). The van der Waals surface area contributed by atoms with Crippen molar-refractivity contribution in [2.24, 2.45) is 5.73 Å². The van der Waals surface area contributed by atoms with Crippen LogP contribution in [0.5, 0.6) is 0 Å². The molecule has 0 fully saturated rings. The lowest BCUT2D eigenvalue weighted by Crippen LogP contribution is -2.58. The van der Waals surface area contributed by atoms with Crippen molar-refractivity contribution in [1.29, 1.82) is 0 Å². The highest BCUT2D eigenvalue weighted by Gasteiger charge is 2.35. The number of rotatable bonds is 16. The second-order valence-corrected chi connectivity index (χ2v) is 9.67. The van der Waals surface area contributed by atoms with E-state index in [0.717, 1.165) is 19.3 Å². The van der Waals surface area contributed by atoms with Crippen LogP contribution in [0.2, 0.25) is 0 Å². The molecule has 0 heterocycles. The molecule has 0 aromatic rings. The van der Waals surface area contributed by atoms with Crippen molar-refractivity contribution in [3.8, 4) is 0 Å². The first-order chi connectivity index (χ1) is 15.1. The largest absolute Gasteiger partial charge is 0.544 e. The van der Waals surface area contributed by atoms with Crippen molar-refractivity contribution in [2.75, 3.05) is 41.8 Å². The first-order valence-electron chi connectivity index (χ1n) is 12.1. The fourth-order valence-corrected chi connectivity index (χ4v) is 2.88. The van der Waals surface area contributed by atoms with Gasteiger partial charge >= 0.3 is 11.9 Å². The van der Waals surface area contributed by atoms with E-state index >= 15 is 0 Å². The fourth-order valence-electron chi connectivity index (χ4n) is 2.88. The highest BCUT2D eigenvalue weighted by molar-refractivity contribution is 5.77. The zero-order valence-corrected chi connectivity index (χ0v) is 22.2. The van der Waals surface area contributed by atoms with E-state index in [9.17, 15) is 19.5 Å². The number of nitrogens with two attached hydrogens (primary N) is 1. The molecule has 0 aromatic carbocycles. The van der Waals surface area contributed by atoms with Crippen LogP contribution in [0.1, 0.15) is 90.9 Å².